The van der Waals surface area contributed by atoms with Gasteiger partial charge >= 0.3 is 0 Å². The number of carbonyl (C=O) groups excluding carboxylic acids is 1. The van der Waals surface area contributed by atoms with E-state index in [4.69, 9.17) is 0 Å². The maximum absolute atomic E-state index is 12.4. The number of aromatic nitrogens is 3. The molecule has 0 aliphatic rings. The number of carbonyl (C=O) groups is 1. The van der Waals surface area contributed by atoms with E-state index in [2.05, 4.69) is 32.9 Å². The van der Waals surface area contributed by atoms with Crippen molar-refractivity contribution in [2.45, 2.75) is 31.3 Å². The highest BCUT2D eigenvalue weighted by molar-refractivity contribution is 7.99. The quantitative estimate of drug-likeness (QED) is 0.317. The van der Waals surface area contributed by atoms with Gasteiger partial charge in [-0.25, -0.2) is 13.1 Å². The van der Waals surface area contributed by atoms with Crippen molar-refractivity contribution in [3.05, 3.63) is 72.3 Å². The van der Waals surface area contributed by atoms with Crippen molar-refractivity contribution in [1.82, 2.24) is 19.5 Å². The van der Waals surface area contributed by atoms with Gasteiger partial charge in [0.15, 0.2) is 11.0 Å². The van der Waals surface area contributed by atoms with Crippen LogP contribution in [0.5, 0.6) is 0 Å². The van der Waals surface area contributed by atoms with Crippen LogP contribution in [-0.2, 0) is 27.1 Å². The first-order valence-electron chi connectivity index (χ1n) is 10.4. The highest BCUT2D eigenvalue weighted by atomic mass is 32.2. The lowest BCUT2D eigenvalue weighted by atomic mass is 10.1. The first-order valence-corrected chi connectivity index (χ1v) is 13.0. The summed E-state index contributed by atoms with van der Waals surface area (Å²) in [6.45, 7) is 8.41. The molecule has 1 aromatic heterocycles. The summed E-state index contributed by atoms with van der Waals surface area (Å²) in [6.07, 6.45) is 1.49. The Labute approximate surface area is 198 Å². The molecule has 8 nitrogen and oxygen atoms in total. The zero-order valence-electron chi connectivity index (χ0n) is 18.6. The third-order valence-corrected chi connectivity index (χ3v) is 6.97. The van der Waals surface area contributed by atoms with Gasteiger partial charge in [0.25, 0.3) is 0 Å². The van der Waals surface area contributed by atoms with Gasteiger partial charge in [-0.3, -0.25) is 4.79 Å². The van der Waals surface area contributed by atoms with Crippen LogP contribution < -0.4 is 10.0 Å². The molecule has 0 saturated heterocycles. The molecule has 2 N–H and O–H groups in total. The average molecular weight is 486 g/mol. The van der Waals surface area contributed by atoms with Gasteiger partial charge < -0.3 is 9.88 Å². The monoisotopic (exact) mass is 485 g/mol. The maximum Gasteiger partial charge on any atom is 0.234 e. The van der Waals surface area contributed by atoms with Crippen molar-refractivity contribution in [3.8, 4) is 11.4 Å². The molecule has 0 radical (unpaired) electrons. The Morgan fingerprint density at radius 1 is 1.18 bits per heavy atom. The van der Waals surface area contributed by atoms with Crippen molar-refractivity contribution in [2.24, 2.45) is 0 Å². The zero-order chi connectivity index (χ0) is 23.8. The number of hydrogen-bond acceptors (Lipinski definition) is 6. The SMILES string of the molecule is C=CCNS(=O)(=O)Cc1ccc(NC(=O)CSc2nnc(-c3cccc(C)c3)n2CC)cc1. The second-order valence-electron chi connectivity index (χ2n) is 7.35. The van der Waals surface area contributed by atoms with Gasteiger partial charge in [-0.05, 0) is 37.6 Å². The molecule has 10 heteroatoms. The fraction of sp³-hybridized carbons (Fsp3) is 0.261. The van der Waals surface area contributed by atoms with Gasteiger partial charge in [-0.15, -0.1) is 16.8 Å². The fourth-order valence-corrected chi connectivity index (χ4v) is 5.05. The van der Waals surface area contributed by atoms with E-state index < -0.39 is 10.0 Å². The second kappa shape index (κ2) is 11.3. The maximum atomic E-state index is 12.4. The molecule has 0 bridgehead atoms. The number of nitrogens with one attached hydrogen (secondary N) is 2. The molecule has 0 atom stereocenters. The summed E-state index contributed by atoms with van der Waals surface area (Å²) in [6, 6.07) is 14.8. The van der Waals surface area contributed by atoms with E-state index in [0.717, 1.165) is 17.0 Å². The lowest BCUT2D eigenvalue weighted by molar-refractivity contribution is -0.113. The first-order chi connectivity index (χ1) is 15.8. The topological polar surface area (TPSA) is 106 Å². The predicted molar refractivity (Wildman–Crippen MR) is 132 cm³/mol. The molecule has 1 heterocycles. The smallest absolute Gasteiger partial charge is 0.234 e. The molecule has 33 heavy (non-hydrogen) atoms. The van der Waals surface area contributed by atoms with Gasteiger partial charge in [-0.2, -0.15) is 0 Å². The molecule has 0 aliphatic heterocycles. The molecular formula is C23H27N5O3S2. The van der Waals surface area contributed by atoms with E-state index in [9.17, 15) is 13.2 Å². The van der Waals surface area contributed by atoms with Gasteiger partial charge in [0, 0.05) is 24.3 Å². The number of thioether (sulfide) groups is 1. The Bertz CT molecular complexity index is 1220. The Kier molecular flexibility index (Phi) is 8.43. The number of amides is 1. The summed E-state index contributed by atoms with van der Waals surface area (Å²) < 4.78 is 28.3. The van der Waals surface area contributed by atoms with Gasteiger partial charge in [0.1, 0.15) is 0 Å². The first kappa shape index (κ1) is 24.7. The Morgan fingerprint density at radius 3 is 2.61 bits per heavy atom. The average Bonchev–Trinajstić information content (AvgIpc) is 3.20. The Balaban J connectivity index is 1.58. The lowest BCUT2D eigenvalue weighted by Crippen LogP contribution is -2.25. The highest BCUT2D eigenvalue weighted by Gasteiger charge is 2.15. The Morgan fingerprint density at radius 2 is 1.94 bits per heavy atom. The normalized spacial score (nSPS) is 11.3. The number of anilines is 1. The van der Waals surface area contributed by atoms with Gasteiger partial charge in [0.2, 0.25) is 15.9 Å². The molecule has 3 aromatic rings. The predicted octanol–water partition coefficient (Wildman–Crippen LogP) is 3.61. The third kappa shape index (κ3) is 7.01. The van der Waals surface area contributed by atoms with Crippen molar-refractivity contribution in [1.29, 1.82) is 0 Å². The van der Waals surface area contributed by atoms with E-state index in [1.54, 1.807) is 24.3 Å². The van der Waals surface area contributed by atoms with E-state index in [-0.39, 0.29) is 24.0 Å². The summed E-state index contributed by atoms with van der Waals surface area (Å²) in [7, 11) is -3.43. The van der Waals surface area contributed by atoms with Crippen molar-refractivity contribution in [2.75, 3.05) is 17.6 Å². The summed E-state index contributed by atoms with van der Waals surface area (Å²) in [5.41, 5.74) is 3.35. The fourth-order valence-electron chi connectivity index (χ4n) is 3.15. The second-order valence-corrected chi connectivity index (χ2v) is 10.1. The van der Waals surface area contributed by atoms with Crippen molar-refractivity contribution < 1.29 is 13.2 Å². The standard InChI is InChI=1S/C23H27N5O3S2/c1-4-13-24-33(30,31)16-18-9-11-20(12-10-18)25-21(29)15-32-23-27-26-22(28(23)5-2)19-8-6-7-17(3)14-19/h4,6-12,14,24H,1,5,13,15-16H2,2-3H3,(H,25,29). The van der Waals surface area contributed by atoms with Crippen LogP contribution in [0.4, 0.5) is 5.69 Å². The van der Waals surface area contributed by atoms with E-state index in [0.29, 0.717) is 23.0 Å². The molecule has 174 valence electrons. The van der Waals surface area contributed by atoms with E-state index in [1.165, 1.54) is 17.8 Å². The zero-order valence-corrected chi connectivity index (χ0v) is 20.2. The lowest BCUT2D eigenvalue weighted by Gasteiger charge is -2.09. The van der Waals surface area contributed by atoms with Crippen LogP contribution in [0.1, 0.15) is 18.1 Å². The van der Waals surface area contributed by atoms with Crippen LogP contribution in [-0.4, -0.2) is 41.4 Å². The minimum atomic E-state index is -3.43. The summed E-state index contributed by atoms with van der Waals surface area (Å²) in [5, 5.41) is 12.1. The number of nitrogens with zero attached hydrogens (tertiary/aromatic N) is 3. The van der Waals surface area contributed by atoms with E-state index >= 15 is 0 Å². The molecule has 1 amide bonds. The summed E-state index contributed by atoms with van der Waals surface area (Å²) >= 11 is 1.32. The van der Waals surface area contributed by atoms with Crippen molar-refractivity contribution >= 4 is 33.4 Å². The van der Waals surface area contributed by atoms with Gasteiger partial charge in [0.05, 0.1) is 11.5 Å². The number of rotatable bonds is 11. The van der Waals surface area contributed by atoms with Gasteiger partial charge in [-0.1, -0.05) is 53.7 Å². The molecular weight excluding hydrogens is 458 g/mol. The molecule has 0 fully saturated rings. The Hall–Kier alpha value is -2.95. The van der Waals surface area contributed by atoms with Crippen LogP contribution >= 0.6 is 11.8 Å². The van der Waals surface area contributed by atoms with Crippen molar-refractivity contribution in [3.63, 3.8) is 0 Å². The summed E-state index contributed by atoms with van der Waals surface area (Å²) in [5.74, 6) is 0.627. The molecule has 0 aliphatic carbocycles. The highest BCUT2D eigenvalue weighted by Crippen LogP contribution is 2.24. The number of sulfonamides is 1. The molecule has 3 rings (SSSR count). The minimum absolute atomic E-state index is 0.138. The van der Waals surface area contributed by atoms with Crippen LogP contribution in [0.15, 0.2) is 66.3 Å². The number of aryl methyl sites for hydroxylation is 1. The molecule has 0 unspecified atom stereocenters. The third-order valence-electron chi connectivity index (χ3n) is 4.68. The van der Waals surface area contributed by atoms with Crippen LogP contribution in [0, 0.1) is 6.92 Å². The summed E-state index contributed by atoms with van der Waals surface area (Å²) in [4.78, 5) is 12.4. The molecule has 2 aromatic carbocycles. The number of benzene rings is 2. The van der Waals surface area contributed by atoms with Crippen LogP contribution in [0.3, 0.4) is 0 Å². The van der Waals surface area contributed by atoms with Crippen LogP contribution in [0.25, 0.3) is 11.4 Å². The number of hydrogen-bond donors (Lipinski definition) is 2. The molecule has 0 saturated carbocycles. The van der Waals surface area contributed by atoms with Crippen LogP contribution in [0.2, 0.25) is 0 Å². The minimum Gasteiger partial charge on any atom is -0.325 e. The van der Waals surface area contributed by atoms with E-state index in [1.807, 2.05) is 36.6 Å². The largest absolute Gasteiger partial charge is 0.325 e. The molecule has 0 spiro atoms.